The first-order valence-electron chi connectivity index (χ1n) is 11.2. The van der Waals surface area contributed by atoms with Gasteiger partial charge in [0.05, 0.1) is 0 Å². The van der Waals surface area contributed by atoms with Gasteiger partial charge in [-0.25, -0.2) is 0 Å². The van der Waals surface area contributed by atoms with Crippen molar-refractivity contribution in [3.05, 3.63) is 0 Å². The normalized spacial score (nSPS) is 10.6. The van der Waals surface area contributed by atoms with E-state index in [1.165, 1.54) is 109 Å². The van der Waals surface area contributed by atoms with Crippen LogP contribution in [0.3, 0.4) is 0 Å². The molecule has 0 aliphatic carbocycles. The maximum absolute atomic E-state index is 8.70. The van der Waals surface area contributed by atoms with Gasteiger partial charge in [0, 0.05) is 13.2 Å². The van der Waals surface area contributed by atoms with E-state index in [4.69, 9.17) is 15.9 Å². The van der Waals surface area contributed by atoms with Crippen molar-refractivity contribution in [3.63, 3.8) is 0 Å². The van der Waals surface area contributed by atoms with Gasteiger partial charge < -0.3 is 15.9 Å². The summed E-state index contributed by atoms with van der Waals surface area (Å²) in [4.78, 5) is 0. The molecule has 0 aliphatic heterocycles. The molecule has 3 nitrogen and oxygen atoms in total. The van der Waals surface area contributed by atoms with E-state index in [9.17, 15) is 0 Å². The lowest BCUT2D eigenvalue weighted by Crippen LogP contribution is -1.97. The summed E-state index contributed by atoms with van der Waals surface area (Å²) in [5.41, 5.74) is 5.49. The number of aliphatic hydroxyl groups is 2. The lowest BCUT2D eigenvalue weighted by atomic mass is 10.0. The van der Waals surface area contributed by atoms with Gasteiger partial charge in [-0.1, -0.05) is 103 Å². The maximum Gasteiger partial charge on any atom is 0.0431 e. The summed E-state index contributed by atoms with van der Waals surface area (Å²) >= 11 is 0. The van der Waals surface area contributed by atoms with Gasteiger partial charge >= 0.3 is 0 Å². The third-order valence-electron chi connectivity index (χ3n) is 4.61. The molecule has 0 aliphatic rings. The average Bonchev–Trinajstić information content (AvgIpc) is 2.61. The van der Waals surface area contributed by atoms with Crippen molar-refractivity contribution in [2.75, 3.05) is 19.8 Å². The average molecular weight is 360 g/mol. The molecule has 0 bridgehead atoms. The minimum atomic E-state index is 0.250. The van der Waals surface area contributed by atoms with Crippen LogP contribution in [0.2, 0.25) is 0 Å². The van der Waals surface area contributed by atoms with Crippen molar-refractivity contribution in [3.8, 4) is 0 Å². The van der Waals surface area contributed by atoms with Crippen LogP contribution >= 0.6 is 0 Å². The maximum atomic E-state index is 8.70. The number of aliphatic hydroxyl groups excluding tert-OH is 2. The summed E-state index contributed by atoms with van der Waals surface area (Å²) in [6.07, 6.45) is 24.6. The van der Waals surface area contributed by atoms with Gasteiger partial charge in [0.15, 0.2) is 0 Å². The second-order valence-corrected chi connectivity index (χ2v) is 7.19. The Kier molecular flexibility index (Phi) is 31.1. The molecule has 0 aromatic carbocycles. The number of unbranched alkanes of at least 4 members (excludes halogenated alkanes) is 17. The standard InChI is InChI=1S/C20H43NO.C2H6O/c21-19-17-15-13-11-9-7-5-3-1-2-4-6-8-10-12-14-16-18-20-22;1-2-3/h22H,1-21H2;3H,2H2,1H3. The summed E-state index contributed by atoms with van der Waals surface area (Å²) in [5.74, 6) is 0. The van der Waals surface area contributed by atoms with Crippen molar-refractivity contribution in [1.29, 1.82) is 0 Å². The van der Waals surface area contributed by atoms with Crippen LogP contribution in [-0.2, 0) is 0 Å². The molecule has 0 fully saturated rings. The zero-order valence-electron chi connectivity index (χ0n) is 17.3. The van der Waals surface area contributed by atoms with E-state index in [-0.39, 0.29) is 6.61 Å². The fourth-order valence-electron chi connectivity index (χ4n) is 3.08. The first kappa shape index (κ1) is 27.1. The molecule has 0 heterocycles. The summed E-state index contributed by atoms with van der Waals surface area (Å²) < 4.78 is 0. The predicted octanol–water partition coefficient (Wildman–Crippen LogP) is 5.96. The molecule has 0 amide bonds. The van der Waals surface area contributed by atoms with E-state index < -0.39 is 0 Å². The highest BCUT2D eigenvalue weighted by atomic mass is 16.3. The minimum absolute atomic E-state index is 0.250. The summed E-state index contributed by atoms with van der Waals surface area (Å²) in [7, 11) is 0. The molecule has 0 unspecified atom stereocenters. The topological polar surface area (TPSA) is 66.5 Å². The summed E-state index contributed by atoms with van der Waals surface area (Å²) in [6.45, 7) is 3.16. The smallest absolute Gasteiger partial charge is 0.0431 e. The fourth-order valence-corrected chi connectivity index (χ4v) is 3.08. The van der Waals surface area contributed by atoms with Gasteiger partial charge in [0.2, 0.25) is 0 Å². The zero-order chi connectivity index (χ0) is 18.8. The molecule has 0 radical (unpaired) electrons. The first-order chi connectivity index (χ1) is 12.3. The Labute approximate surface area is 158 Å². The van der Waals surface area contributed by atoms with Gasteiger partial charge in [-0.3, -0.25) is 0 Å². The Hall–Kier alpha value is -0.120. The van der Waals surface area contributed by atoms with Crippen LogP contribution in [0.1, 0.15) is 122 Å². The molecule has 0 saturated heterocycles. The van der Waals surface area contributed by atoms with Crippen molar-refractivity contribution in [1.82, 2.24) is 0 Å². The molecule has 25 heavy (non-hydrogen) atoms. The lowest BCUT2D eigenvalue weighted by Gasteiger charge is -2.03. The van der Waals surface area contributed by atoms with Gasteiger partial charge in [0.25, 0.3) is 0 Å². The van der Waals surface area contributed by atoms with E-state index in [1.807, 2.05) is 0 Å². The molecule has 0 rings (SSSR count). The molecule has 0 aromatic rings. The zero-order valence-corrected chi connectivity index (χ0v) is 17.3. The molecule has 0 spiro atoms. The fraction of sp³-hybridized carbons (Fsp3) is 1.00. The van der Waals surface area contributed by atoms with E-state index >= 15 is 0 Å². The van der Waals surface area contributed by atoms with Crippen LogP contribution in [0.4, 0.5) is 0 Å². The molecule has 154 valence electrons. The number of hydrogen-bond donors (Lipinski definition) is 3. The van der Waals surface area contributed by atoms with Gasteiger partial charge in [-0.05, 0) is 26.3 Å². The molecular weight excluding hydrogens is 310 g/mol. The van der Waals surface area contributed by atoms with Gasteiger partial charge in [-0.15, -0.1) is 0 Å². The lowest BCUT2D eigenvalue weighted by molar-refractivity contribution is 0.282. The van der Waals surface area contributed by atoms with Crippen molar-refractivity contribution in [2.45, 2.75) is 122 Å². The van der Waals surface area contributed by atoms with E-state index in [2.05, 4.69) is 0 Å². The van der Waals surface area contributed by atoms with Crippen molar-refractivity contribution < 1.29 is 10.2 Å². The van der Waals surface area contributed by atoms with Crippen LogP contribution < -0.4 is 5.73 Å². The molecule has 0 atom stereocenters. The van der Waals surface area contributed by atoms with Crippen molar-refractivity contribution in [2.24, 2.45) is 5.73 Å². The Morgan fingerprint density at radius 3 is 0.840 bits per heavy atom. The second-order valence-electron chi connectivity index (χ2n) is 7.19. The Morgan fingerprint density at radius 2 is 0.640 bits per heavy atom. The molecule has 3 heteroatoms. The van der Waals surface area contributed by atoms with Crippen LogP contribution in [0.5, 0.6) is 0 Å². The Balaban J connectivity index is 0. The van der Waals surface area contributed by atoms with E-state index in [0.29, 0.717) is 6.61 Å². The van der Waals surface area contributed by atoms with E-state index in [0.717, 1.165) is 13.0 Å². The quantitative estimate of drug-likeness (QED) is 0.249. The predicted molar refractivity (Wildman–Crippen MR) is 112 cm³/mol. The largest absolute Gasteiger partial charge is 0.397 e. The minimum Gasteiger partial charge on any atom is -0.397 e. The first-order valence-corrected chi connectivity index (χ1v) is 11.2. The SMILES string of the molecule is CCO.NCCCCCCCCCCCCCCCCCCCCO. The summed E-state index contributed by atoms with van der Waals surface area (Å²) in [6, 6.07) is 0. The third kappa shape index (κ3) is 32.1. The van der Waals surface area contributed by atoms with E-state index in [1.54, 1.807) is 6.92 Å². The van der Waals surface area contributed by atoms with Crippen LogP contribution in [0.25, 0.3) is 0 Å². The van der Waals surface area contributed by atoms with Crippen LogP contribution in [0.15, 0.2) is 0 Å². The molecule has 0 aromatic heterocycles. The van der Waals surface area contributed by atoms with Crippen LogP contribution in [0, 0.1) is 0 Å². The number of nitrogens with two attached hydrogens (primary N) is 1. The Bertz CT molecular complexity index is 180. The van der Waals surface area contributed by atoms with Gasteiger partial charge in [0.1, 0.15) is 0 Å². The van der Waals surface area contributed by atoms with Crippen LogP contribution in [-0.4, -0.2) is 30.0 Å². The highest BCUT2D eigenvalue weighted by Crippen LogP contribution is 2.14. The third-order valence-corrected chi connectivity index (χ3v) is 4.61. The molecule has 4 N–H and O–H groups in total. The molecular formula is C22H49NO2. The van der Waals surface area contributed by atoms with Gasteiger partial charge in [-0.2, -0.15) is 0 Å². The monoisotopic (exact) mass is 359 g/mol. The van der Waals surface area contributed by atoms with Crippen molar-refractivity contribution >= 4 is 0 Å². The second kappa shape index (κ2) is 28.7. The number of rotatable bonds is 19. The highest BCUT2D eigenvalue weighted by Gasteiger charge is 1.94. The number of hydrogen-bond acceptors (Lipinski definition) is 3. The summed E-state index contributed by atoms with van der Waals surface area (Å²) in [5, 5.41) is 16.3. The molecule has 0 saturated carbocycles. The Morgan fingerprint density at radius 1 is 0.440 bits per heavy atom. The highest BCUT2D eigenvalue weighted by molar-refractivity contribution is 4.50.